The Kier molecular flexibility index (Phi) is 5.20. The second-order valence-corrected chi connectivity index (χ2v) is 6.13. The average Bonchev–Trinajstić information content (AvgIpc) is 3.18. The zero-order valence-corrected chi connectivity index (χ0v) is 14.2. The van der Waals surface area contributed by atoms with Crippen LogP contribution in [0.2, 0.25) is 0 Å². The molecule has 128 valence electrons. The summed E-state index contributed by atoms with van der Waals surface area (Å²) < 4.78 is 5.76. The van der Waals surface area contributed by atoms with Crippen LogP contribution in [0.15, 0.2) is 48.5 Å². The maximum Gasteiger partial charge on any atom is 0.244 e. The number of carbonyl (C=O) groups excluding carboxylic acids is 1. The van der Waals surface area contributed by atoms with Gasteiger partial charge in [0.2, 0.25) is 5.91 Å². The molecule has 1 aliphatic heterocycles. The highest BCUT2D eigenvalue weighted by atomic mass is 16.5. The van der Waals surface area contributed by atoms with E-state index in [9.17, 15) is 4.79 Å². The molecule has 1 atom stereocenters. The van der Waals surface area contributed by atoms with Crippen molar-refractivity contribution in [3.8, 4) is 17.6 Å². The van der Waals surface area contributed by atoms with E-state index < -0.39 is 0 Å². The largest absolute Gasteiger partial charge is 0.456 e. The van der Waals surface area contributed by atoms with Gasteiger partial charge >= 0.3 is 0 Å². The number of nitrogens with one attached hydrogen (secondary N) is 1. The Morgan fingerprint density at radius 2 is 1.84 bits per heavy atom. The number of hydrogen-bond acceptors (Lipinski definition) is 4. The number of likely N-dealkylation sites (tertiary alicyclic amines) is 1. The molecule has 0 saturated carbocycles. The summed E-state index contributed by atoms with van der Waals surface area (Å²) in [6.07, 6.45) is 2.18. The molecular weight excluding hydrogens is 314 g/mol. The number of nitrogens with zero attached hydrogens (tertiary/aromatic N) is 2. The van der Waals surface area contributed by atoms with Gasteiger partial charge in [-0.15, -0.1) is 0 Å². The second kappa shape index (κ2) is 7.71. The van der Waals surface area contributed by atoms with Gasteiger partial charge < -0.3 is 15.0 Å². The summed E-state index contributed by atoms with van der Waals surface area (Å²) in [5.74, 6) is 1.32. The van der Waals surface area contributed by atoms with Crippen molar-refractivity contribution in [3.63, 3.8) is 0 Å². The number of ether oxygens (including phenoxy) is 1. The number of nitriles is 1. The Morgan fingerprint density at radius 1 is 1.16 bits per heavy atom. The molecule has 1 heterocycles. The van der Waals surface area contributed by atoms with Crippen molar-refractivity contribution in [2.24, 2.45) is 0 Å². The van der Waals surface area contributed by atoms with Gasteiger partial charge in [-0.1, -0.05) is 12.1 Å². The quantitative estimate of drug-likeness (QED) is 0.903. The first-order valence-corrected chi connectivity index (χ1v) is 8.50. The maximum atomic E-state index is 12.3. The van der Waals surface area contributed by atoms with Crippen molar-refractivity contribution in [1.82, 2.24) is 4.90 Å². The van der Waals surface area contributed by atoms with E-state index in [2.05, 4.69) is 11.4 Å². The number of hydrogen-bond donors (Lipinski definition) is 1. The van der Waals surface area contributed by atoms with Crippen LogP contribution in [0.4, 0.5) is 5.69 Å². The molecule has 1 amide bonds. The first-order valence-electron chi connectivity index (χ1n) is 8.50. The fourth-order valence-electron chi connectivity index (χ4n) is 2.92. The third-order valence-corrected chi connectivity index (χ3v) is 4.26. The van der Waals surface area contributed by atoms with Crippen molar-refractivity contribution in [2.75, 3.05) is 18.4 Å². The van der Waals surface area contributed by atoms with E-state index in [1.807, 2.05) is 42.2 Å². The fraction of sp³-hybridized carbons (Fsp3) is 0.300. The van der Waals surface area contributed by atoms with Crippen molar-refractivity contribution < 1.29 is 9.53 Å². The van der Waals surface area contributed by atoms with Crippen LogP contribution in [0.3, 0.4) is 0 Å². The van der Waals surface area contributed by atoms with Crippen molar-refractivity contribution in [3.05, 3.63) is 54.1 Å². The molecule has 25 heavy (non-hydrogen) atoms. The third kappa shape index (κ3) is 4.10. The number of rotatable bonds is 5. The van der Waals surface area contributed by atoms with Crippen LogP contribution in [0.1, 0.15) is 25.3 Å². The lowest BCUT2D eigenvalue weighted by Crippen LogP contribution is -2.39. The monoisotopic (exact) mass is 335 g/mol. The molecule has 3 rings (SSSR count). The minimum atomic E-state index is -0.260. The Morgan fingerprint density at radius 3 is 2.52 bits per heavy atom. The summed E-state index contributed by atoms with van der Waals surface area (Å²) >= 11 is 0. The second-order valence-electron chi connectivity index (χ2n) is 6.13. The highest BCUT2D eigenvalue weighted by Crippen LogP contribution is 2.26. The molecule has 1 fully saturated rings. The molecule has 0 aromatic heterocycles. The highest BCUT2D eigenvalue weighted by Gasteiger charge is 2.22. The van der Waals surface area contributed by atoms with Gasteiger partial charge in [0.25, 0.3) is 0 Å². The van der Waals surface area contributed by atoms with Crippen LogP contribution in [0, 0.1) is 11.3 Å². The van der Waals surface area contributed by atoms with E-state index in [1.54, 1.807) is 18.2 Å². The predicted octanol–water partition coefficient (Wildman–Crippen LogP) is 3.77. The van der Waals surface area contributed by atoms with Crippen LogP contribution in [0.5, 0.6) is 11.5 Å². The molecule has 5 heteroatoms. The fourth-order valence-corrected chi connectivity index (χ4v) is 2.92. The number of anilines is 1. The molecule has 1 saturated heterocycles. The molecule has 1 aliphatic rings. The summed E-state index contributed by atoms with van der Waals surface area (Å²) in [6.45, 7) is 3.60. The molecule has 0 radical (unpaired) electrons. The van der Waals surface area contributed by atoms with Crippen molar-refractivity contribution in [2.45, 2.75) is 25.8 Å². The molecule has 1 N–H and O–H groups in total. The van der Waals surface area contributed by atoms with Crippen LogP contribution in [-0.2, 0) is 4.79 Å². The van der Waals surface area contributed by atoms with Crippen molar-refractivity contribution in [1.29, 1.82) is 5.26 Å². The molecule has 0 aliphatic carbocycles. The smallest absolute Gasteiger partial charge is 0.244 e. The van der Waals surface area contributed by atoms with E-state index in [0.29, 0.717) is 17.1 Å². The SMILES string of the molecule is C[C@@H](Nc1ccc(Oc2ccccc2C#N)cc1)C(=O)N1CCCC1. The van der Waals surface area contributed by atoms with Gasteiger partial charge in [-0.05, 0) is 56.2 Å². The van der Waals surface area contributed by atoms with Gasteiger partial charge in [0.15, 0.2) is 0 Å². The Labute approximate surface area is 147 Å². The summed E-state index contributed by atoms with van der Waals surface area (Å²) in [6, 6.07) is 16.4. The standard InChI is InChI=1S/C20H21N3O2/c1-15(20(24)23-12-4-5-13-23)22-17-8-10-18(11-9-17)25-19-7-3-2-6-16(19)14-21/h2-3,6-11,15,22H,4-5,12-13H2,1H3/t15-/m1/s1. The summed E-state index contributed by atoms with van der Waals surface area (Å²) in [7, 11) is 0. The highest BCUT2D eigenvalue weighted by molar-refractivity contribution is 5.84. The molecule has 0 unspecified atom stereocenters. The molecule has 0 spiro atoms. The number of benzene rings is 2. The van der Waals surface area contributed by atoms with Crippen LogP contribution >= 0.6 is 0 Å². The van der Waals surface area contributed by atoms with Gasteiger partial charge in [-0.3, -0.25) is 4.79 Å². The number of amides is 1. The molecular formula is C20H21N3O2. The average molecular weight is 335 g/mol. The molecule has 2 aromatic rings. The van der Waals surface area contributed by atoms with E-state index in [1.165, 1.54) is 0 Å². The van der Waals surface area contributed by atoms with Crippen molar-refractivity contribution >= 4 is 11.6 Å². The van der Waals surface area contributed by atoms with Crippen LogP contribution in [0.25, 0.3) is 0 Å². The Bertz CT molecular complexity index is 774. The van der Waals surface area contributed by atoms with E-state index >= 15 is 0 Å². The summed E-state index contributed by atoms with van der Waals surface area (Å²) in [5.41, 5.74) is 1.36. The van der Waals surface area contributed by atoms with Crippen LogP contribution < -0.4 is 10.1 Å². The molecule has 2 aromatic carbocycles. The summed E-state index contributed by atoms with van der Waals surface area (Å²) in [4.78, 5) is 14.2. The lowest BCUT2D eigenvalue weighted by molar-refractivity contribution is -0.130. The lowest BCUT2D eigenvalue weighted by atomic mass is 10.2. The number of carbonyl (C=O) groups is 1. The van der Waals surface area contributed by atoms with Gasteiger partial charge in [0, 0.05) is 18.8 Å². The normalized spacial score (nSPS) is 14.6. The zero-order valence-electron chi connectivity index (χ0n) is 14.2. The van der Waals surface area contributed by atoms with Gasteiger partial charge in [0.1, 0.15) is 23.6 Å². The topological polar surface area (TPSA) is 65.4 Å². The summed E-state index contributed by atoms with van der Waals surface area (Å²) in [5, 5.41) is 12.3. The van der Waals surface area contributed by atoms with E-state index in [-0.39, 0.29) is 11.9 Å². The minimum Gasteiger partial charge on any atom is -0.456 e. The first-order chi connectivity index (χ1) is 12.2. The van der Waals surface area contributed by atoms with E-state index in [0.717, 1.165) is 31.6 Å². The third-order valence-electron chi connectivity index (χ3n) is 4.26. The predicted molar refractivity (Wildman–Crippen MR) is 96.6 cm³/mol. The molecule has 5 nitrogen and oxygen atoms in total. The van der Waals surface area contributed by atoms with Gasteiger partial charge in [0.05, 0.1) is 5.56 Å². The van der Waals surface area contributed by atoms with Crippen LogP contribution in [-0.4, -0.2) is 29.9 Å². The Hall–Kier alpha value is -3.00. The lowest BCUT2D eigenvalue weighted by Gasteiger charge is -2.22. The maximum absolute atomic E-state index is 12.3. The molecule has 0 bridgehead atoms. The minimum absolute atomic E-state index is 0.140. The van der Waals surface area contributed by atoms with Gasteiger partial charge in [-0.25, -0.2) is 0 Å². The number of para-hydroxylation sites is 1. The first kappa shape index (κ1) is 16.8. The Balaban J connectivity index is 1.62. The van der Waals surface area contributed by atoms with E-state index in [4.69, 9.17) is 10.00 Å². The zero-order chi connectivity index (χ0) is 17.6. The van der Waals surface area contributed by atoms with Gasteiger partial charge in [-0.2, -0.15) is 5.26 Å².